The molecule has 3 aliphatic heterocycles. The molecule has 4 nitrogen and oxygen atoms in total. The number of likely N-dealkylation sites (tertiary alicyclic amines) is 1. The van der Waals surface area contributed by atoms with Crippen LogP contribution in [0, 0.1) is 12.7 Å². The smallest absolute Gasteiger partial charge is 0.226 e. The first-order valence-corrected chi connectivity index (χ1v) is 9.59. The lowest BCUT2D eigenvalue weighted by molar-refractivity contribution is -0.138. The SMILES string of the molecule is Cc1ccc(F)cc1CN1CC[C@@]23O[C@@H](c4ccccc4)CN2C(=O)C[C@@H]13. The summed E-state index contributed by atoms with van der Waals surface area (Å²) in [6.45, 7) is 4.12. The maximum Gasteiger partial charge on any atom is 0.226 e. The van der Waals surface area contributed by atoms with E-state index in [1.54, 1.807) is 6.07 Å². The molecule has 2 aromatic rings. The van der Waals surface area contributed by atoms with E-state index < -0.39 is 5.72 Å². The molecule has 1 amide bonds. The van der Waals surface area contributed by atoms with Crippen molar-refractivity contribution in [1.82, 2.24) is 9.80 Å². The molecule has 3 fully saturated rings. The Balaban J connectivity index is 1.41. The second kappa shape index (κ2) is 6.14. The van der Waals surface area contributed by atoms with Crippen molar-refractivity contribution in [3.63, 3.8) is 0 Å². The Morgan fingerprint density at radius 3 is 2.85 bits per heavy atom. The Bertz CT molecular complexity index is 887. The van der Waals surface area contributed by atoms with Gasteiger partial charge >= 0.3 is 0 Å². The van der Waals surface area contributed by atoms with Crippen molar-refractivity contribution in [2.24, 2.45) is 0 Å². The third-order valence-electron chi connectivity index (χ3n) is 6.40. The summed E-state index contributed by atoms with van der Waals surface area (Å²) < 4.78 is 20.3. The molecule has 0 aromatic heterocycles. The van der Waals surface area contributed by atoms with Crippen LogP contribution in [0.2, 0.25) is 0 Å². The van der Waals surface area contributed by atoms with Crippen LogP contribution in [0.5, 0.6) is 0 Å². The molecule has 1 spiro atoms. The van der Waals surface area contributed by atoms with Gasteiger partial charge in [-0.1, -0.05) is 36.4 Å². The van der Waals surface area contributed by atoms with Gasteiger partial charge in [-0.2, -0.15) is 0 Å². The number of halogens is 1. The summed E-state index contributed by atoms with van der Waals surface area (Å²) in [5.41, 5.74) is 2.65. The van der Waals surface area contributed by atoms with Crippen LogP contribution in [0.4, 0.5) is 4.39 Å². The third-order valence-corrected chi connectivity index (χ3v) is 6.40. The topological polar surface area (TPSA) is 32.8 Å². The van der Waals surface area contributed by atoms with Crippen molar-refractivity contribution in [2.45, 2.75) is 44.2 Å². The quantitative estimate of drug-likeness (QED) is 0.835. The zero-order valence-electron chi connectivity index (χ0n) is 15.4. The molecule has 3 aliphatic rings. The van der Waals surface area contributed by atoms with Gasteiger partial charge in [-0.05, 0) is 35.7 Å². The average molecular weight is 366 g/mol. The lowest BCUT2D eigenvalue weighted by Crippen LogP contribution is -2.47. The Kier molecular flexibility index (Phi) is 3.85. The number of ether oxygens (including phenoxy) is 1. The molecule has 0 radical (unpaired) electrons. The summed E-state index contributed by atoms with van der Waals surface area (Å²) in [7, 11) is 0. The third kappa shape index (κ3) is 2.60. The van der Waals surface area contributed by atoms with Crippen molar-refractivity contribution in [1.29, 1.82) is 0 Å². The highest BCUT2D eigenvalue weighted by atomic mass is 19.1. The molecular formula is C22H23FN2O2. The van der Waals surface area contributed by atoms with E-state index in [9.17, 15) is 9.18 Å². The normalized spacial score (nSPS) is 30.0. The summed E-state index contributed by atoms with van der Waals surface area (Å²) in [6, 6.07) is 15.1. The molecule has 27 heavy (non-hydrogen) atoms. The van der Waals surface area contributed by atoms with Gasteiger partial charge in [0.05, 0.1) is 12.6 Å². The number of carbonyl (C=O) groups is 1. The molecule has 0 bridgehead atoms. The first-order chi connectivity index (χ1) is 13.1. The van der Waals surface area contributed by atoms with Gasteiger partial charge in [-0.3, -0.25) is 9.69 Å². The standard InChI is InChI=1S/C22H23FN2O2/c1-15-7-8-18(23)11-17(15)13-24-10-9-22-20(24)12-21(26)25(22)14-19(27-22)16-5-3-2-4-6-16/h2-8,11,19-20H,9-10,12-14H2,1H3/t19-,20-,22+/m1/s1. The van der Waals surface area contributed by atoms with Gasteiger partial charge in [-0.25, -0.2) is 4.39 Å². The molecule has 0 unspecified atom stereocenters. The molecule has 3 heterocycles. The van der Waals surface area contributed by atoms with E-state index in [2.05, 4.69) is 17.0 Å². The van der Waals surface area contributed by atoms with Gasteiger partial charge < -0.3 is 9.64 Å². The van der Waals surface area contributed by atoms with Crippen molar-refractivity contribution in [3.8, 4) is 0 Å². The van der Waals surface area contributed by atoms with Crippen molar-refractivity contribution in [2.75, 3.05) is 13.1 Å². The van der Waals surface area contributed by atoms with Crippen LogP contribution in [-0.4, -0.2) is 40.6 Å². The highest BCUT2D eigenvalue weighted by Gasteiger charge is 2.63. The lowest BCUT2D eigenvalue weighted by Gasteiger charge is -2.32. The lowest BCUT2D eigenvalue weighted by atomic mass is 10.0. The highest BCUT2D eigenvalue weighted by molar-refractivity contribution is 5.81. The zero-order valence-corrected chi connectivity index (χ0v) is 15.4. The van der Waals surface area contributed by atoms with Gasteiger partial charge in [0.25, 0.3) is 0 Å². The maximum absolute atomic E-state index is 13.7. The Morgan fingerprint density at radius 2 is 2.04 bits per heavy atom. The van der Waals surface area contributed by atoms with E-state index in [0.29, 0.717) is 19.5 Å². The fourth-order valence-electron chi connectivity index (χ4n) is 4.97. The van der Waals surface area contributed by atoms with Gasteiger partial charge in [0, 0.05) is 25.9 Å². The fraction of sp³-hybridized carbons (Fsp3) is 0.409. The molecule has 5 heteroatoms. The molecule has 0 saturated carbocycles. The number of benzene rings is 2. The molecule has 0 N–H and O–H groups in total. The van der Waals surface area contributed by atoms with E-state index in [-0.39, 0.29) is 23.9 Å². The van der Waals surface area contributed by atoms with E-state index in [0.717, 1.165) is 29.7 Å². The van der Waals surface area contributed by atoms with Crippen LogP contribution >= 0.6 is 0 Å². The highest BCUT2D eigenvalue weighted by Crippen LogP contribution is 2.50. The number of hydrogen-bond acceptors (Lipinski definition) is 3. The Morgan fingerprint density at radius 1 is 1.22 bits per heavy atom. The molecule has 5 rings (SSSR count). The van der Waals surface area contributed by atoms with Gasteiger partial charge in [-0.15, -0.1) is 0 Å². The molecule has 140 valence electrons. The summed E-state index contributed by atoms with van der Waals surface area (Å²) >= 11 is 0. The van der Waals surface area contributed by atoms with Crippen LogP contribution in [0.1, 0.15) is 35.6 Å². The number of hydrogen-bond donors (Lipinski definition) is 0. The predicted octanol–water partition coefficient (Wildman–Crippen LogP) is 3.41. The molecule has 0 aliphatic carbocycles. The first-order valence-electron chi connectivity index (χ1n) is 9.59. The summed E-state index contributed by atoms with van der Waals surface area (Å²) in [4.78, 5) is 17.0. The zero-order chi connectivity index (χ0) is 18.6. The summed E-state index contributed by atoms with van der Waals surface area (Å²) in [5, 5.41) is 0. The van der Waals surface area contributed by atoms with E-state index >= 15 is 0 Å². The fourth-order valence-corrected chi connectivity index (χ4v) is 4.97. The predicted molar refractivity (Wildman–Crippen MR) is 99.3 cm³/mol. The van der Waals surface area contributed by atoms with Crippen LogP contribution in [0.15, 0.2) is 48.5 Å². The van der Waals surface area contributed by atoms with Crippen LogP contribution < -0.4 is 0 Å². The van der Waals surface area contributed by atoms with Crippen LogP contribution in [0.3, 0.4) is 0 Å². The minimum atomic E-state index is -0.529. The minimum absolute atomic E-state index is 0.0291. The van der Waals surface area contributed by atoms with Crippen molar-refractivity contribution >= 4 is 5.91 Å². The van der Waals surface area contributed by atoms with Crippen LogP contribution in [0.25, 0.3) is 0 Å². The van der Waals surface area contributed by atoms with E-state index in [1.807, 2.05) is 36.1 Å². The van der Waals surface area contributed by atoms with Crippen LogP contribution in [-0.2, 0) is 16.1 Å². The number of aryl methyl sites for hydroxylation is 1. The maximum atomic E-state index is 13.7. The van der Waals surface area contributed by atoms with Crippen molar-refractivity contribution < 1.29 is 13.9 Å². The minimum Gasteiger partial charge on any atom is -0.344 e. The first kappa shape index (κ1) is 16.9. The average Bonchev–Trinajstić information content (AvgIpc) is 3.29. The van der Waals surface area contributed by atoms with Gasteiger partial charge in [0.15, 0.2) is 5.72 Å². The van der Waals surface area contributed by atoms with Gasteiger partial charge in [0.1, 0.15) is 11.9 Å². The molecule has 3 atom stereocenters. The molecule has 3 saturated heterocycles. The van der Waals surface area contributed by atoms with Gasteiger partial charge in [0.2, 0.25) is 5.91 Å². The largest absolute Gasteiger partial charge is 0.344 e. The second-order valence-corrected chi connectivity index (χ2v) is 7.88. The molecular weight excluding hydrogens is 343 g/mol. The summed E-state index contributed by atoms with van der Waals surface area (Å²) in [5.74, 6) is -0.0472. The number of rotatable bonds is 3. The Hall–Kier alpha value is -2.24. The van der Waals surface area contributed by atoms with E-state index in [4.69, 9.17) is 4.74 Å². The Labute approximate surface area is 158 Å². The van der Waals surface area contributed by atoms with Crippen molar-refractivity contribution in [3.05, 3.63) is 71.0 Å². The number of nitrogens with zero attached hydrogens (tertiary/aromatic N) is 2. The second-order valence-electron chi connectivity index (χ2n) is 7.88. The monoisotopic (exact) mass is 366 g/mol. The molecule has 2 aromatic carbocycles. The number of amides is 1. The summed E-state index contributed by atoms with van der Waals surface area (Å²) in [6.07, 6.45) is 1.21. The van der Waals surface area contributed by atoms with E-state index in [1.165, 1.54) is 6.07 Å². The number of carbonyl (C=O) groups excluding carboxylic acids is 1.